The highest BCUT2D eigenvalue weighted by molar-refractivity contribution is 5.85. The number of hydrogen-bond donors (Lipinski definition) is 1. The van der Waals surface area contributed by atoms with E-state index in [-0.39, 0.29) is 12.4 Å². The van der Waals surface area contributed by atoms with Gasteiger partial charge in [0, 0.05) is 6.54 Å². The van der Waals surface area contributed by atoms with E-state index in [1.165, 1.54) is 0 Å². The van der Waals surface area contributed by atoms with E-state index in [4.69, 9.17) is 11.0 Å². The van der Waals surface area contributed by atoms with Crippen LogP contribution < -0.4 is 5.73 Å². The minimum Gasteiger partial charge on any atom is -0.326 e. The largest absolute Gasteiger partial charge is 0.326 e. The lowest BCUT2D eigenvalue weighted by molar-refractivity contribution is 1.07. The van der Waals surface area contributed by atoms with Crippen molar-refractivity contribution in [2.24, 2.45) is 5.73 Å². The van der Waals surface area contributed by atoms with Crippen molar-refractivity contribution < 1.29 is 0 Å². The smallest absolute Gasteiger partial charge is 0.0669 e. The second-order valence-electron chi connectivity index (χ2n) is 2.36. The third-order valence-electron chi connectivity index (χ3n) is 1.54. The zero-order valence-electron chi connectivity index (χ0n) is 6.66. The molecule has 0 saturated heterocycles. The fourth-order valence-corrected chi connectivity index (χ4v) is 0.884. The van der Waals surface area contributed by atoms with E-state index >= 15 is 0 Å². The Kier molecular flexibility index (Phi) is 5.11. The third-order valence-corrected chi connectivity index (χ3v) is 1.54. The van der Waals surface area contributed by atoms with E-state index in [9.17, 15) is 0 Å². The normalized spacial score (nSPS) is 8.33. The highest BCUT2D eigenvalue weighted by atomic mass is 35.5. The van der Waals surface area contributed by atoms with E-state index in [1.807, 2.05) is 24.3 Å². The summed E-state index contributed by atoms with van der Waals surface area (Å²) in [5.74, 6) is 0. The second kappa shape index (κ2) is 5.59. The first kappa shape index (κ1) is 11.0. The van der Waals surface area contributed by atoms with Gasteiger partial charge in [0.2, 0.25) is 0 Å². The van der Waals surface area contributed by atoms with Gasteiger partial charge in [-0.3, -0.25) is 0 Å². The van der Waals surface area contributed by atoms with Crippen LogP contribution in [-0.2, 0) is 13.0 Å². The highest BCUT2D eigenvalue weighted by Crippen LogP contribution is 2.03. The summed E-state index contributed by atoms with van der Waals surface area (Å²) in [5.41, 5.74) is 7.56. The number of benzene rings is 1. The van der Waals surface area contributed by atoms with E-state index in [2.05, 4.69) is 6.07 Å². The molecule has 1 aromatic carbocycles. The molecule has 0 aliphatic rings. The lowest BCUT2D eigenvalue weighted by atomic mass is 10.1. The summed E-state index contributed by atoms with van der Waals surface area (Å²) in [6, 6.07) is 9.86. The Labute approximate surface area is 78.4 Å². The average molecular weight is 183 g/mol. The Morgan fingerprint density at radius 2 is 1.67 bits per heavy atom. The van der Waals surface area contributed by atoms with Gasteiger partial charge in [0.05, 0.1) is 12.5 Å². The first-order chi connectivity index (χ1) is 5.36. The summed E-state index contributed by atoms with van der Waals surface area (Å²) in [4.78, 5) is 0. The van der Waals surface area contributed by atoms with Gasteiger partial charge in [0.25, 0.3) is 0 Å². The first-order valence-corrected chi connectivity index (χ1v) is 3.51. The molecule has 0 unspecified atom stereocenters. The van der Waals surface area contributed by atoms with Crippen LogP contribution in [0.1, 0.15) is 11.1 Å². The summed E-state index contributed by atoms with van der Waals surface area (Å²) in [5, 5.41) is 8.37. The van der Waals surface area contributed by atoms with Crippen LogP contribution in [0.3, 0.4) is 0 Å². The number of rotatable bonds is 2. The SMILES string of the molecule is Cl.N#CCc1ccc(CN)cc1. The molecule has 1 rings (SSSR count). The second-order valence-corrected chi connectivity index (χ2v) is 2.36. The van der Waals surface area contributed by atoms with Crippen molar-refractivity contribution in [3.05, 3.63) is 35.4 Å². The maximum atomic E-state index is 8.37. The molecule has 0 amide bonds. The molecule has 0 heterocycles. The highest BCUT2D eigenvalue weighted by Gasteiger charge is 1.90. The van der Waals surface area contributed by atoms with Crippen molar-refractivity contribution in [1.82, 2.24) is 0 Å². The van der Waals surface area contributed by atoms with Crippen LogP contribution in [0.4, 0.5) is 0 Å². The van der Waals surface area contributed by atoms with E-state index in [0.29, 0.717) is 13.0 Å². The predicted octanol–water partition coefficient (Wildman–Crippen LogP) is 1.63. The minimum atomic E-state index is 0. The Balaban J connectivity index is 0.00000121. The number of halogens is 1. The molecule has 12 heavy (non-hydrogen) atoms. The molecule has 0 aliphatic carbocycles. The van der Waals surface area contributed by atoms with Crippen molar-refractivity contribution in [3.8, 4) is 6.07 Å². The van der Waals surface area contributed by atoms with Crippen LogP contribution in [-0.4, -0.2) is 0 Å². The van der Waals surface area contributed by atoms with Gasteiger partial charge in [0.1, 0.15) is 0 Å². The Morgan fingerprint density at radius 3 is 2.08 bits per heavy atom. The summed E-state index contributed by atoms with van der Waals surface area (Å²) in [6.45, 7) is 0.562. The van der Waals surface area contributed by atoms with Gasteiger partial charge in [-0.15, -0.1) is 12.4 Å². The molecule has 0 saturated carbocycles. The van der Waals surface area contributed by atoms with Crippen LogP contribution in [0.25, 0.3) is 0 Å². The van der Waals surface area contributed by atoms with Gasteiger partial charge in [0.15, 0.2) is 0 Å². The zero-order chi connectivity index (χ0) is 8.10. The van der Waals surface area contributed by atoms with Crippen LogP contribution in [0.15, 0.2) is 24.3 Å². The van der Waals surface area contributed by atoms with E-state index < -0.39 is 0 Å². The molecule has 0 atom stereocenters. The number of nitriles is 1. The summed E-state index contributed by atoms with van der Waals surface area (Å²) in [7, 11) is 0. The van der Waals surface area contributed by atoms with Crippen molar-refractivity contribution in [1.29, 1.82) is 5.26 Å². The first-order valence-electron chi connectivity index (χ1n) is 3.51. The maximum Gasteiger partial charge on any atom is 0.0669 e. The number of nitrogens with two attached hydrogens (primary N) is 1. The van der Waals surface area contributed by atoms with Crippen molar-refractivity contribution in [3.63, 3.8) is 0 Å². The van der Waals surface area contributed by atoms with E-state index in [0.717, 1.165) is 11.1 Å². The molecule has 0 aromatic heterocycles. The quantitative estimate of drug-likeness (QED) is 0.756. The average Bonchev–Trinajstić information content (AvgIpc) is 2.07. The fourth-order valence-electron chi connectivity index (χ4n) is 0.884. The van der Waals surface area contributed by atoms with Crippen molar-refractivity contribution in [2.45, 2.75) is 13.0 Å². The molecule has 2 nitrogen and oxygen atoms in total. The maximum absolute atomic E-state index is 8.37. The van der Waals surface area contributed by atoms with E-state index in [1.54, 1.807) is 0 Å². The van der Waals surface area contributed by atoms with Gasteiger partial charge in [-0.2, -0.15) is 5.26 Å². The van der Waals surface area contributed by atoms with Crippen molar-refractivity contribution >= 4 is 12.4 Å². The van der Waals surface area contributed by atoms with Crippen LogP contribution in [0, 0.1) is 11.3 Å². The van der Waals surface area contributed by atoms with Crippen LogP contribution >= 0.6 is 12.4 Å². The summed E-state index contributed by atoms with van der Waals surface area (Å²) in [6.07, 6.45) is 0.477. The Morgan fingerprint density at radius 1 is 1.17 bits per heavy atom. The summed E-state index contributed by atoms with van der Waals surface area (Å²) < 4.78 is 0. The predicted molar refractivity (Wildman–Crippen MR) is 50.9 cm³/mol. The van der Waals surface area contributed by atoms with Crippen LogP contribution in [0.5, 0.6) is 0 Å². The van der Waals surface area contributed by atoms with Crippen molar-refractivity contribution in [2.75, 3.05) is 0 Å². The summed E-state index contributed by atoms with van der Waals surface area (Å²) >= 11 is 0. The van der Waals surface area contributed by atoms with Gasteiger partial charge in [-0.05, 0) is 11.1 Å². The molecule has 64 valence electrons. The molecular formula is C9H11ClN2. The van der Waals surface area contributed by atoms with Gasteiger partial charge >= 0.3 is 0 Å². The Hall–Kier alpha value is -1.04. The lowest BCUT2D eigenvalue weighted by Gasteiger charge is -1.96. The van der Waals surface area contributed by atoms with Crippen LogP contribution in [0.2, 0.25) is 0 Å². The lowest BCUT2D eigenvalue weighted by Crippen LogP contribution is -1.95. The molecule has 0 spiro atoms. The van der Waals surface area contributed by atoms with Gasteiger partial charge in [-0.1, -0.05) is 24.3 Å². The molecule has 0 radical (unpaired) electrons. The standard InChI is InChI=1S/C9H10N2.ClH/c10-6-5-8-1-3-9(7-11)4-2-8;/h1-4H,5,7,11H2;1H. The molecule has 3 heteroatoms. The topological polar surface area (TPSA) is 49.8 Å². The Bertz CT molecular complexity index is 261. The van der Waals surface area contributed by atoms with Gasteiger partial charge < -0.3 is 5.73 Å². The monoisotopic (exact) mass is 182 g/mol. The third kappa shape index (κ3) is 2.91. The molecule has 0 bridgehead atoms. The molecular weight excluding hydrogens is 172 g/mol. The minimum absolute atomic E-state index is 0. The zero-order valence-corrected chi connectivity index (χ0v) is 7.47. The molecule has 0 aliphatic heterocycles. The number of nitrogens with zero attached hydrogens (tertiary/aromatic N) is 1. The van der Waals surface area contributed by atoms with Gasteiger partial charge in [-0.25, -0.2) is 0 Å². The molecule has 1 aromatic rings. The fraction of sp³-hybridized carbons (Fsp3) is 0.222. The molecule has 0 fully saturated rings. The number of hydrogen-bond acceptors (Lipinski definition) is 2. The molecule has 2 N–H and O–H groups in total.